The van der Waals surface area contributed by atoms with Crippen molar-refractivity contribution in [2.75, 3.05) is 13.1 Å². The van der Waals surface area contributed by atoms with Crippen LogP contribution in [0.4, 0.5) is 8.78 Å². The van der Waals surface area contributed by atoms with E-state index in [4.69, 9.17) is 16.9 Å². The van der Waals surface area contributed by atoms with Crippen LogP contribution in [0.2, 0.25) is 5.02 Å². The van der Waals surface area contributed by atoms with E-state index in [1.165, 1.54) is 18.5 Å². The Hall–Kier alpha value is -3.84. The smallest absolute Gasteiger partial charge is 0.268 e. The Morgan fingerprint density at radius 3 is 2.97 bits per heavy atom. The Morgan fingerprint density at radius 2 is 2.18 bits per heavy atom. The molecule has 1 saturated heterocycles. The Labute approximate surface area is 192 Å². The van der Waals surface area contributed by atoms with Gasteiger partial charge in [-0.25, -0.2) is 13.8 Å². The second-order valence-corrected chi connectivity index (χ2v) is 7.92. The third kappa shape index (κ3) is 4.99. The number of aromatic nitrogens is 3. The highest BCUT2D eigenvalue weighted by atomic mass is 35.5. The number of hydrogen-bond donors (Lipinski definition) is 1. The molecule has 2 amide bonds. The van der Waals surface area contributed by atoms with Crippen molar-refractivity contribution in [3.63, 3.8) is 0 Å². The lowest BCUT2D eigenvalue weighted by molar-refractivity contribution is -0.131. The number of amides is 2. The Bertz CT molecular complexity index is 1300. The predicted molar refractivity (Wildman–Crippen MR) is 116 cm³/mol. The second-order valence-electron chi connectivity index (χ2n) is 7.48. The maximum absolute atomic E-state index is 13.6. The molecule has 1 aliphatic rings. The minimum absolute atomic E-state index is 0.240. The molecular formula is C22H17ClF2N6O2. The molecule has 8 nitrogen and oxygen atoms in total. The molecule has 1 atom stereocenters. The first-order valence-corrected chi connectivity index (χ1v) is 10.2. The molecule has 0 bridgehead atoms. The van der Waals surface area contributed by atoms with Gasteiger partial charge in [0.15, 0.2) is 0 Å². The summed E-state index contributed by atoms with van der Waals surface area (Å²) in [6.45, 7) is -1.35. The highest BCUT2D eigenvalue weighted by molar-refractivity contribution is 6.30. The standard InChI is InChI=1S/C22H17ClF2N6O2/c23-15-4-6-30-12-16(29-19(30)7-15)2-1-14-10-27-5-3-18(14)21(33)28-11-20(32)31-13-22(24,25)8-17(31)9-26/h1-7,10,12,17H,8,11,13H2,(H,28,33)/b2-1+. The summed E-state index contributed by atoms with van der Waals surface area (Å²) in [4.78, 5) is 34.2. The van der Waals surface area contributed by atoms with Crippen LogP contribution in [-0.4, -0.2) is 56.1 Å². The zero-order valence-corrected chi connectivity index (χ0v) is 17.8. The quantitative estimate of drug-likeness (QED) is 0.617. The number of pyridine rings is 2. The Kier molecular flexibility index (Phi) is 6.07. The maximum Gasteiger partial charge on any atom is 0.268 e. The van der Waals surface area contributed by atoms with E-state index in [1.807, 2.05) is 0 Å². The number of rotatable bonds is 5. The second kappa shape index (κ2) is 8.96. The molecule has 1 fully saturated rings. The van der Waals surface area contributed by atoms with Crippen molar-refractivity contribution in [2.45, 2.75) is 18.4 Å². The third-order valence-electron chi connectivity index (χ3n) is 5.11. The average molecular weight is 471 g/mol. The van der Waals surface area contributed by atoms with E-state index in [9.17, 15) is 18.4 Å². The lowest BCUT2D eigenvalue weighted by Crippen LogP contribution is -2.43. The number of halogens is 3. The summed E-state index contributed by atoms with van der Waals surface area (Å²) in [7, 11) is 0. The Balaban J connectivity index is 1.45. The fourth-order valence-electron chi connectivity index (χ4n) is 3.53. The van der Waals surface area contributed by atoms with Crippen molar-refractivity contribution in [3.8, 4) is 6.07 Å². The molecule has 0 spiro atoms. The minimum Gasteiger partial charge on any atom is -0.343 e. The number of nitriles is 1. The lowest BCUT2D eigenvalue weighted by atomic mass is 10.1. The first-order chi connectivity index (χ1) is 15.8. The summed E-state index contributed by atoms with van der Waals surface area (Å²) < 4.78 is 28.9. The van der Waals surface area contributed by atoms with Gasteiger partial charge in [0, 0.05) is 53.4 Å². The monoisotopic (exact) mass is 470 g/mol. The largest absolute Gasteiger partial charge is 0.343 e. The number of nitrogens with one attached hydrogen (secondary N) is 1. The molecule has 0 radical (unpaired) electrons. The van der Waals surface area contributed by atoms with Crippen molar-refractivity contribution < 1.29 is 18.4 Å². The van der Waals surface area contributed by atoms with Crippen molar-refractivity contribution in [2.24, 2.45) is 0 Å². The van der Waals surface area contributed by atoms with E-state index in [1.54, 1.807) is 47.1 Å². The zero-order chi connectivity index (χ0) is 23.6. The molecule has 11 heteroatoms. The van der Waals surface area contributed by atoms with Crippen LogP contribution >= 0.6 is 11.6 Å². The number of carbonyl (C=O) groups is 2. The van der Waals surface area contributed by atoms with E-state index in [2.05, 4.69) is 15.3 Å². The van der Waals surface area contributed by atoms with Crippen LogP contribution in [0.25, 0.3) is 17.8 Å². The van der Waals surface area contributed by atoms with Gasteiger partial charge in [-0.3, -0.25) is 14.6 Å². The van der Waals surface area contributed by atoms with Gasteiger partial charge in [0.2, 0.25) is 5.91 Å². The topological polar surface area (TPSA) is 103 Å². The molecular weight excluding hydrogens is 454 g/mol. The third-order valence-corrected chi connectivity index (χ3v) is 5.35. The molecule has 0 aliphatic carbocycles. The minimum atomic E-state index is -3.12. The van der Waals surface area contributed by atoms with E-state index in [0.29, 0.717) is 21.9 Å². The maximum atomic E-state index is 13.6. The summed E-state index contributed by atoms with van der Waals surface area (Å²) in [5.74, 6) is -4.44. The lowest BCUT2D eigenvalue weighted by Gasteiger charge is -2.19. The van der Waals surface area contributed by atoms with Crippen molar-refractivity contribution in [1.82, 2.24) is 24.6 Å². The van der Waals surface area contributed by atoms with Gasteiger partial charge in [-0.15, -0.1) is 0 Å². The van der Waals surface area contributed by atoms with Gasteiger partial charge in [0.25, 0.3) is 11.8 Å². The number of likely N-dealkylation sites (tertiary alicyclic amines) is 1. The van der Waals surface area contributed by atoms with Gasteiger partial charge in [0.1, 0.15) is 11.7 Å². The van der Waals surface area contributed by atoms with Crippen molar-refractivity contribution >= 4 is 41.2 Å². The number of carbonyl (C=O) groups excluding carboxylic acids is 2. The van der Waals surface area contributed by atoms with Crippen LogP contribution in [0, 0.1) is 11.3 Å². The fourth-order valence-corrected chi connectivity index (χ4v) is 3.68. The van der Waals surface area contributed by atoms with Gasteiger partial charge in [0.05, 0.1) is 24.9 Å². The summed E-state index contributed by atoms with van der Waals surface area (Å²) in [6.07, 6.45) is 9.10. The van der Waals surface area contributed by atoms with Crippen LogP contribution in [0.1, 0.15) is 28.0 Å². The van der Waals surface area contributed by atoms with E-state index >= 15 is 0 Å². The van der Waals surface area contributed by atoms with Gasteiger partial charge in [-0.05, 0) is 18.2 Å². The molecule has 0 saturated carbocycles. The number of imidazole rings is 1. The van der Waals surface area contributed by atoms with E-state index in [0.717, 1.165) is 4.90 Å². The number of hydrogen-bond acceptors (Lipinski definition) is 5. The average Bonchev–Trinajstić information content (AvgIpc) is 3.34. The summed E-state index contributed by atoms with van der Waals surface area (Å²) >= 11 is 5.98. The van der Waals surface area contributed by atoms with Gasteiger partial charge in [-0.2, -0.15) is 5.26 Å². The fraction of sp³-hybridized carbons (Fsp3) is 0.227. The van der Waals surface area contributed by atoms with Crippen LogP contribution in [0.15, 0.2) is 43.0 Å². The molecule has 3 aromatic rings. The highest BCUT2D eigenvalue weighted by Gasteiger charge is 2.47. The normalized spacial score (nSPS) is 17.4. The van der Waals surface area contributed by atoms with E-state index in [-0.39, 0.29) is 5.56 Å². The number of alkyl halides is 2. The first-order valence-electron chi connectivity index (χ1n) is 9.87. The Morgan fingerprint density at radius 1 is 1.36 bits per heavy atom. The molecule has 3 aromatic heterocycles. The number of nitrogens with zero attached hydrogens (tertiary/aromatic N) is 5. The van der Waals surface area contributed by atoms with Crippen molar-refractivity contribution in [1.29, 1.82) is 5.26 Å². The predicted octanol–water partition coefficient (Wildman–Crippen LogP) is 3.04. The molecule has 4 heterocycles. The van der Waals surface area contributed by atoms with Gasteiger partial charge < -0.3 is 14.6 Å². The SMILES string of the molecule is N#CC1CC(F)(F)CN1C(=O)CNC(=O)c1ccncc1/C=C/c1cn2ccc(Cl)cc2n1. The van der Waals surface area contributed by atoms with Crippen molar-refractivity contribution in [3.05, 3.63) is 64.8 Å². The number of fused-ring (bicyclic) bond motifs is 1. The molecule has 1 N–H and O–H groups in total. The van der Waals surface area contributed by atoms with E-state index < -0.39 is 43.3 Å². The van der Waals surface area contributed by atoms with Gasteiger partial charge >= 0.3 is 0 Å². The summed E-state index contributed by atoms with van der Waals surface area (Å²) in [6, 6.07) is 5.41. The molecule has 168 valence electrons. The zero-order valence-electron chi connectivity index (χ0n) is 17.1. The highest BCUT2D eigenvalue weighted by Crippen LogP contribution is 2.31. The molecule has 33 heavy (non-hydrogen) atoms. The summed E-state index contributed by atoms with van der Waals surface area (Å²) in [5.41, 5.74) is 2.00. The molecule has 0 aromatic carbocycles. The van der Waals surface area contributed by atoms with Crippen LogP contribution in [0.3, 0.4) is 0 Å². The molecule has 4 rings (SSSR count). The molecule has 1 unspecified atom stereocenters. The van der Waals surface area contributed by atoms with Gasteiger partial charge in [-0.1, -0.05) is 17.7 Å². The van der Waals surface area contributed by atoms with Crippen LogP contribution in [-0.2, 0) is 4.79 Å². The molecule has 1 aliphatic heterocycles. The van der Waals surface area contributed by atoms with Crippen LogP contribution in [0.5, 0.6) is 0 Å². The first kappa shape index (κ1) is 22.4. The van der Waals surface area contributed by atoms with Crippen LogP contribution < -0.4 is 5.32 Å². The summed E-state index contributed by atoms with van der Waals surface area (Å²) in [5, 5.41) is 12.0.